The van der Waals surface area contributed by atoms with E-state index in [0.29, 0.717) is 22.9 Å². The van der Waals surface area contributed by atoms with Gasteiger partial charge in [-0.3, -0.25) is 9.59 Å². The molecule has 2 aromatic heterocycles. The molecule has 7 nitrogen and oxygen atoms in total. The molecule has 0 aliphatic carbocycles. The second-order valence-electron chi connectivity index (χ2n) is 5.56. The number of carbonyl (C=O) groups is 2. The Morgan fingerprint density at radius 2 is 2.20 bits per heavy atom. The number of ketones is 1. The van der Waals surface area contributed by atoms with Gasteiger partial charge in [0, 0.05) is 31.4 Å². The average Bonchev–Trinajstić information content (AvgIpc) is 3.38. The van der Waals surface area contributed by atoms with Gasteiger partial charge in [-0.15, -0.1) is 16.8 Å². The summed E-state index contributed by atoms with van der Waals surface area (Å²) < 4.78 is 0.726. The Morgan fingerprint density at radius 1 is 1.40 bits per heavy atom. The molecular weight excluding hydrogens is 358 g/mol. The Labute approximate surface area is 153 Å². The Kier molecular flexibility index (Phi) is 5.87. The van der Waals surface area contributed by atoms with Crippen molar-refractivity contribution in [3.8, 4) is 0 Å². The molecule has 1 aliphatic heterocycles. The van der Waals surface area contributed by atoms with Crippen LogP contribution in [0.4, 0.5) is 5.13 Å². The highest BCUT2D eigenvalue weighted by molar-refractivity contribution is 8.01. The minimum Gasteiger partial charge on any atom is -0.357 e. The number of carbonyl (C=O) groups excluding carboxylic acids is 2. The number of aromatic nitrogens is 3. The van der Waals surface area contributed by atoms with E-state index in [9.17, 15) is 9.59 Å². The molecule has 132 valence electrons. The molecule has 3 heterocycles. The van der Waals surface area contributed by atoms with E-state index in [1.807, 2.05) is 4.90 Å². The number of rotatable bonds is 8. The first-order valence-corrected chi connectivity index (χ1v) is 9.79. The summed E-state index contributed by atoms with van der Waals surface area (Å²) in [6.07, 6.45) is 5.43. The van der Waals surface area contributed by atoms with Crippen LogP contribution >= 0.6 is 23.1 Å². The molecule has 1 aliphatic rings. The van der Waals surface area contributed by atoms with Crippen LogP contribution in [0.5, 0.6) is 0 Å². The van der Waals surface area contributed by atoms with Gasteiger partial charge in [0.15, 0.2) is 10.1 Å². The fourth-order valence-corrected chi connectivity index (χ4v) is 4.13. The molecule has 0 saturated carbocycles. The maximum atomic E-state index is 12.3. The molecular formula is C16H19N5O2S2. The summed E-state index contributed by atoms with van der Waals surface area (Å²) in [6, 6.07) is 1.64. The third-order valence-electron chi connectivity index (χ3n) is 3.76. The van der Waals surface area contributed by atoms with E-state index in [-0.39, 0.29) is 17.4 Å². The number of nitrogens with zero attached hydrogens (tertiary/aromatic N) is 3. The number of hydrogen-bond acceptors (Lipinski definition) is 7. The molecule has 9 heteroatoms. The monoisotopic (exact) mass is 377 g/mol. The van der Waals surface area contributed by atoms with Crippen molar-refractivity contribution in [3.05, 3.63) is 36.2 Å². The lowest BCUT2D eigenvalue weighted by Crippen LogP contribution is -2.27. The third kappa shape index (κ3) is 4.49. The summed E-state index contributed by atoms with van der Waals surface area (Å²) in [5.41, 5.74) is 0.992. The second-order valence-corrected chi connectivity index (χ2v) is 7.76. The van der Waals surface area contributed by atoms with Gasteiger partial charge in [0.1, 0.15) is 5.69 Å². The standard InChI is InChI=1S/C16H19N5O2S2/c1-2-5-17-15-19-20-16(25-15)24-10-13(22)11-8-12(18-9-11)14(23)21-6-3-4-7-21/h2,8-9,18H,1,3-7,10H2,(H,17,19). The molecule has 2 N–H and O–H groups in total. The number of anilines is 1. The van der Waals surface area contributed by atoms with Gasteiger partial charge >= 0.3 is 0 Å². The summed E-state index contributed by atoms with van der Waals surface area (Å²) in [7, 11) is 0. The van der Waals surface area contributed by atoms with Gasteiger partial charge in [0.25, 0.3) is 5.91 Å². The van der Waals surface area contributed by atoms with Crippen LogP contribution in [-0.2, 0) is 0 Å². The van der Waals surface area contributed by atoms with E-state index in [4.69, 9.17) is 0 Å². The van der Waals surface area contributed by atoms with Crippen LogP contribution in [0.3, 0.4) is 0 Å². The van der Waals surface area contributed by atoms with E-state index >= 15 is 0 Å². The Bertz CT molecular complexity index is 764. The molecule has 0 atom stereocenters. The summed E-state index contributed by atoms with van der Waals surface area (Å²) in [5, 5.41) is 11.8. The van der Waals surface area contributed by atoms with Gasteiger partial charge in [-0.1, -0.05) is 29.2 Å². The third-order valence-corrected chi connectivity index (χ3v) is 5.77. The van der Waals surface area contributed by atoms with Crippen molar-refractivity contribution in [1.29, 1.82) is 0 Å². The van der Waals surface area contributed by atoms with Crippen molar-refractivity contribution in [2.24, 2.45) is 0 Å². The molecule has 1 saturated heterocycles. The molecule has 3 rings (SSSR count). The maximum absolute atomic E-state index is 12.3. The van der Waals surface area contributed by atoms with Gasteiger partial charge in [-0.2, -0.15) is 0 Å². The lowest BCUT2D eigenvalue weighted by atomic mass is 10.2. The highest BCUT2D eigenvalue weighted by Gasteiger charge is 2.21. The van der Waals surface area contributed by atoms with Crippen LogP contribution in [0.1, 0.15) is 33.7 Å². The van der Waals surface area contributed by atoms with Crippen LogP contribution in [0.25, 0.3) is 0 Å². The fourth-order valence-electron chi connectivity index (χ4n) is 2.48. The molecule has 0 radical (unpaired) electrons. The van der Waals surface area contributed by atoms with Gasteiger partial charge in [-0.05, 0) is 18.9 Å². The molecule has 0 spiro atoms. The van der Waals surface area contributed by atoms with Crippen LogP contribution in [-0.4, -0.2) is 57.2 Å². The van der Waals surface area contributed by atoms with E-state index in [2.05, 4.69) is 27.1 Å². The smallest absolute Gasteiger partial charge is 0.270 e. The molecule has 0 aromatic carbocycles. The molecule has 0 bridgehead atoms. The molecule has 0 unspecified atom stereocenters. The lowest BCUT2D eigenvalue weighted by molar-refractivity contribution is 0.0787. The highest BCUT2D eigenvalue weighted by atomic mass is 32.2. The van der Waals surface area contributed by atoms with Crippen LogP contribution in [0.2, 0.25) is 0 Å². The first-order valence-electron chi connectivity index (χ1n) is 7.99. The predicted octanol–water partition coefficient (Wildman–Crippen LogP) is 2.68. The number of amides is 1. The summed E-state index contributed by atoms with van der Waals surface area (Å²) in [4.78, 5) is 29.4. The fraction of sp³-hybridized carbons (Fsp3) is 0.375. The number of nitrogens with one attached hydrogen (secondary N) is 2. The summed E-state index contributed by atoms with van der Waals surface area (Å²) in [6.45, 7) is 5.83. The van der Waals surface area contributed by atoms with E-state index in [1.54, 1.807) is 18.3 Å². The number of thioether (sulfide) groups is 1. The van der Waals surface area contributed by atoms with Crippen LogP contribution in [0, 0.1) is 0 Å². The van der Waals surface area contributed by atoms with Crippen molar-refractivity contribution in [2.75, 3.05) is 30.7 Å². The number of Topliss-reactive ketones (excluding diaryl/α,β-unsaturated/α-hetero) is 1. The van der Waals surface area contributed by atoms with E-state index in [1.165, 1.54) is 23.1 Å². The average molecular weight is 377 g/mol. The van der Waals surface area contributed by atoms with E-state index < -0.39 is 0 Å². The van der Waals surface area contributed by atoms with Crippen molar-refractivity contribution >= 4 is 39.9 Å². The summed E-state index contributed by atoms with van der Waals surface area (Å²) >= 11 is 2.74. The zero-order valence-corrected chi connectivity index (χ0v) is 15.3. The first-order chi connectivity index (χ1) is 12.2. The first kappa shape index (κ1) is 17.7. The Hall–Kier alpha value is -2.13. The summed E-state index contributed by atoms with van der Waals surface area (Å²) in [5.74, 6) is 0.175. The number of likely N-dealkylation sites (tertiary alicyclic amines) is 1. The van der Waals surface area contributed by atoms with Crippen LogP contribution < -0.4 is 5.32 Å². The minimum atomic E-state index is -0.0440. The van der Waals surface area contributed by atoms with Crippen molar-refractivity contribution in [2.45, 2.75) is 17.2 Å². The Balaban J connectivity index is 1.54. The normalized spacial score (nSPS) is 13.8. The van der Waals surface area contributed by atoms with Crippen molar-refractivity contribution in [3.63, 3.8) is 0 Å². The van der Waals surface area contributed by atoms with Crippen molar-refractivity contribution in [1.82, 2.24) is 20.1 Å². The highest BCUT2D eigenvalue weighted by Crippen LogP contribution is 2.26. The lowest BCUT2D eigenvalue weighted by Gasteiger charge is -2.13. The van der Waals surface area contributed by atoms with Gasteiger partial charge in [-0.25, -0.2) is 0 Å². The minimum absolute atomic E-state index is 0.0359. The molecule has 2 aromatic rings. The Morgan fingerprint density at radius 3 is 2.96 bits per heavy atom. The molecule has 25 heavy (non-hydrogen) atoms. The molecule has 1 amide bonds. The van der Waals surface area contributed by atoms with E-state index in [0.717, 1.165) is 30.3 Å². The molecule has 1 fully saturated rings. The largest absolute Gasteiger partial charge is 0.357 e. The number of hydrogen-bond donors (Lipinski definition) is 2. The van der Waals surface area contributed by atoms with Gasteiger partial charge in [0.2, 0.25) is 5.13 Å². The van der Waals surface area contributed by atoms with Crippen LogP contribution in [0.15, 0.2) is 29.3 Å². The maximum Gasteiger partial charge on any atom is 0.270 e. The quantitative estimate of drug-likeness (QED) is 0.418. The van der Waals surface area contributed by atoms with Gasteiger partial charge < -0.3 is 15.2 Å². The predicted molar refractivity (Wildman–Crippen MR) is 99.6 cm³/mol. The zero-order chi connectivity index (χ0) is 17.6. The number of H-pyrrole nitrogens is 1. The van der Waals surface area contributed by atoms with Gasteiger partial charge in [0.05, 0.1) is 5.75 Å². The topological polar surface area (TPSA) is 91.0 Å². The van der Waals surface area contributed by atoms with Crippen molar-refractivity contribution < 1.29 is 9.59 Å². The second kappa shape index (κ2) is 8.30. The SMILES string of the molecule is C=CCNc1nnc(SCC(=O)c2c[nH]c(C(=O)N3CCCC3)c2)s1. The number of aromatic amines is 1. The zero-order valence-electron chi connectivity index (χ0n) is 13.7.